The Morgan fingerprint density at radius 1 is 0.567 bits per heavy atom. The average molecular weight is 390 g/mol. The summed E-state index contributed by atoms with van der Waals surface area (Å²) in [6.07, 6.45) is 0.779. The van der Waals surface area contributed by atoms with Crippen molar-refractivity contribution < 1.29 is 3.96 Å². The molecule has 0 atom stereocenters. The van der Waals surface area contributed by atoms with Crippen molar-refractivity contribution in [3.63, 3.8) is 0 Å². The normalized spacial score (nSPS) is 14.8. The van der Waals surface area contributed by atoms with Crippen molar-refractivity contribution in [3.05, 3.63) is 119 Å². The van der Waals surface area contributed by atoms with Crippen molar-refractivity contribution in [2.24, 2.45) is 0 Å². The molecule has 1 nitrogen and oxygen atoms in total. The highest BCUT2D eigenvalue weighted by Crippen LogP contribution is 2.46. The first-order chi connectivity index (χ1) is 14.5. The van der Waals surface area contributed by atoms with Crippen molar-refractivity contribution in [2.75, 3.05) is 0 Å². The van der Waals surface area contributed by atoms with E-state index < -0.39 is 6.35 Å². The summed E-state index contributed by atoms with van der Waals surface area (Å²) in [5.41, 5.74) is 10.5. The lowest BCUT2D eigenvalue weighted by molar-refractivity contribution is 0.375. The molecule has 0 saturated heterocycles. The second kappa shape index (κ2) is 6.92. The molecule has 2 heterocycles. The second-order valence-electron chi connectivity index (χ2n) is 8.74. The lowest BCUT2D eigenvalue weighted by atomic mass is 9.27. The maximum atomic E-state index is 3.60. The van der Waals surface area contributed by atoms with E-state index in [2.05, 4.69) is 123 Å². The van der Waals surface area contributed by atoms with E-state index in [4.69, 9.17) is 0 Å². The van der Waals surface area contributed by atoms with Crippen LogP contribution < -0.4 is 10.9 Å². The van der Waals surface area contributed by atoms with Crippen LogP contribution in [-0.2, 0) is 0 Å². The number of allylic oxidation sites excluding steroid dienone is 1. The molecule has 0 unspecified atom stereocenters. The van der Waals surface area contributed by atoms with Gasteiger partial charge in [-0.3, -0.25) is 0 Å². The van der Waals surface area contributed by atoms with E-state index in [0.717, 1.165) is 0 Å². The highest BCUT2D eigenvalue weighted by Gasteiger charge is 2.51. The SMILES string of the molecule is CC1=C(c2ccc(C)cc2)[B-](c2ccc(C)cc2)(c2ccc(C)cc2)[o+]2cccc21. The number of hydrogen-bond donors (Lipinski definition) is 0. The number of rotatable bonds is 3. The summed E-state index contributed by atoms with van der Waals surface area (Å²) in [6, 6.07) is 31.5. The van der Waals surface area contributed by atoms with Crippen LogP contribution in [0.15, 0.2) is 95.2 Å². The second-order valence-corrected chi connectivity index (χ2v) is 8.74. The fourth-order valence-electron chi connectivity index (χ4n) is 5.22. The monoisotopic (exact) mass is 390 g/mol. The van der Waals surface area contributed by atoms with Crippen LogP contribution in [0.3, 0.4) is 0 Å². The van der Waals surface area contributed by atoms with Gasteiger partial charge in [0.15, 0.2) is 6.26 Å². The van der Waals surface area contributed by atoms with Crippen LogP contribution in [-0.4, -0.2) is 6.35 Å². The molecule has 0 spiro atoms. The molecule has 0 bridgehead atoms. The fraction of sp³-hybridized carbons (Fsp3) is 0.143. The predicted octanol–water partition coefficient (Wildman–Crippen LogP) is 5.98. The molecule has 1 aliphatic heterocycles. The maximum absolute atomic E-state index is 3.60. The molecule has 0 aliphatic carbocycles. The minimum absolute atomic E-state index is 1.23. The highest BCUT2D eigenvalue weighted by molar-refractivity contribution is 7.12. The average Bonchev–Trinajstić information content (AvgIpc) is 3.32. The molecule has 4 aromatic rings. The van der Waals surface area contributed by atoms with Gasteiger partial charge in [-0.15, -0.1) is 10.9 Å². The van der Waals surface area contributed by atoms with E-state index in [0.29, 0.717) is 0 Å². The summed E-state index contributed by atoms with van der Waals surface area (Å²) < 4.78 is 3.60. The molecule has 0 fully saturated rings. The molecule has 0 amide bonds. The van der Waals surface area contributed by atoms with Gasteiger partial charge in [-0.25, -0.2) is 0 Å². The van der Waals surface area contributed by atoms with Crippen LogP contribution in [0.4, 0.5) is 0 Å². The Kier molecular flexibility index (Phi) is 4.32. The summed E-state index contributed by atoms with van der Waals surface area (Å²) in [5.74, 6) is 1.23. The maximum Gasteiger partial charge on any atom is 0.420 e. The third-order valence-corrected chi connectivity index (χ3v) is 6.74. The van der Waals surface area contributed by atoms with Gasteiger partial charge in [0.05, 0.1) is 0 Å². The third-order valence-electron chi connectivity index (χ3n) is 6.74. The molecule has 2 heteroatoms. The van der Waals surface area contributed by atoms with Crippen molar-refractivity contribution in [1.82, 2.24) is 0 Å². The molecular weight excluding hydrogens is 363 g/mol. The summed E-state index contributed by atoms with van der Waals surface area (Å²) in [5, 5.41) is 0. The standard InChI is InChI=1S/C28H27BO/c1-20-7-13-24(14-8-20)28-23(4)27-6-5-19-30(27)29(28,25-15-9-21(2)10-16-25)26-17-11-22(3)12-18-26/h5-19H,1-4H3. The van der Waals surface area contributed by atoms with E-state index in [1.165, 1.54) is 50.0 Å². The molecule has 1 aromatic heterocycles. The molecular formula is C28H27BO. The smallest absolute Gasteiger partial charge is 0.420 e. The van der Waals surface area contributed by atoms with Crippen LogP contribution in [0.2, 0.25) is 0 Å². The number of aryl methyl sites for hydroxylation is 3. The third kappa shape index (κ3) is 2.64. The van der Waals surface area contributed by atoms with Gasteiger partial charge >= 0.3 is 6.35 Å². The zero-order valence-corrected chi connectivity index (χ0v) is 18.1. The van der Waals surface area contributed by atoms with Gasteiger partial charge in [0.2, 0.25) is 5.76 Å². The van der Waals surface area contributed by atoms with Crippen LogP contribution in [0, 0.1) is 20.8 Å². The Morgan fingerprint density at radius 3 is 1.53 bits per heavy atom. The van der Waals surface area contributed by atoms with Crippen LogP contribution >= 0.6 is 0 Å². The number of benzene rings is 3. The number of fused-ring (bicyclic) bond motifs is 1. The van der Waals surface area contributed by atoms with Gasteiger partial charge in [-0.05, 0) is 27.7 Å². The molecule has 3 aromatic carbocycles. The first-order valence-corrected chi connectivity index (χ1v) is 10.7. The van der Waals surface area contributed by atoms with Crippen molar-refractivity contribution in [3.8, 4) is 0 Å². The Morgan fingerprint density at radius 2 is 1.03 bits per heavy atom. The van der Waals surface area contributed by atoms with E-state index in [9.17, 15) is 0 Å². The van der Waals surface area contributed by atoms with Crippen LogP contribution in [0.1, 0.15) is 34.9 Å². The summed E-state index contributed by atoms with van der Waals surface area (Å²) in [6.45, 7) is 8.72. The molecule has 0 saturated carbocycles. The van der Waals surface area contributed by atoms with Crippen LogP contribution in [0.5, 0.6) is 0 Å². The Bertz CT molecular complexity index is 1190. The molecule has 30 heavy (non-hydrogen) atoms. The highest BCUT2D eigenvalue weighted by atomic mass is 16.5. The zero-order chi connectivity index (χ0) is 20.9. The molecule has 5 rings (SSSR count). The lowest BCUT2D eigenvalue weighted by Crippen LogP contribution is -2.59. The van der Waals surface area contributed by atoms with E-state index >= 15 is 0 Å². The largest absolute Gasteiger partial charge is 0.777 e. The molecule has 0 N–H and O–H groups in total. The van der Waals surface area contributed by atoms with Gasteiger partial charge in [0.1, 0.15) is 0 Å². The minimum atomic E-state index is -1.40. The quantitative estimate of drug-likeness (QED) is 0.299. The molecule has 1 aliphatic rings. The molecule has 0 radical (unpaired) electrons. The van der Waals surface area contributed by atoms with Crippen LogP contribution in [0.25, 0.3) is 11.0 Å². The van der Waals surface area contributed by atoms with Crippen molar-refractivity contribution in [2.45, 2.75) is 27.7 Å². The first kappa shape index (κ1) is 18.8. The Labute approximate surface area is 179 Å². The van der Waals surface area contributed by atoms with Gasteiger partial charge in [0.25, 0.3) is 0 Å². The van der Waals surface area contributed by atoms with E-state index in [1.54, 1.807) is 0 Å². The van der Waals surface area contributed by atoms with Crippen molar-refractivity contribution in [1.29, 1.82) is 0 Å². The van der Waals surface area contributed by atoms with Gasteiger partial charge in [-0.2, -0.15) is 0 Å². The van der Waals surface area contributed by atoms with Gasteiger partial charge in [-0.1, -0.05) is 101 Å². The Hall–Kier alpha value is -3.26. The zero-order valence-electron chi connectivity index (χ0n) is 18.1. The Balaban J connectivity index is 1.91. The number of furan rings is 1. The van der Waals surface area contributed by atoms with E-state index in [-0.39, 0.29) is 0 Å². The van der Waals surface area contributed by atoms with E-state index in [1.807, 2.05) is 0 Å². The first-order valence-electron chi connectivity index (χ1n) is 10.7. The summed E-state index contributed by atoms with van der Waals surface area (Å²) in [4.78, 5) is 0. The lowest BCUT2D eigenvalue weighted by Gasteiger charge is -2.39. The fourth-order valence-corrected chi connectivity index (χ4v) is 5.22. The summed E-state index contributed by atoms with van der Waals surface area (Å²) in [7, 11) is 0. The number of hydrogen-bond acceptors (Lipinski definition) is 0. The predicted molar refractivity (Wildman–Crippen MR) is 130 cm³/mol. The van der Waals surface area contributed by atoms with Gasteiger partial charge in [0, 0.05) is 17.7 Å². The topological polar surface area (TPSA) is 2.70 Å². The van der Waals surface area contributed by atoms with Gasteiger partial charge < -0.3 is 3.96 Å². The molecule has 148 valence electrons. The minimum Gasteiger partial charge on any atom is -0.777 e. The summed E-state index contributed by atoms with van der Waals surface area (Å²) >= 11 is 0. The van der Waals surface area contributed by atoms with Crippen molar-refractivity contribution >= 4 is 28.3 Å².